The predicted molar refractivity (Wildman–Crippen MR) is 74.3 cm³/mol. The van der Waals surface area contributed by atoms with E-state index in [1.807, 2.05) is 10.8 Å². The molecule has 0 unspecified atom stereocenters. The molecule has 3 nitrogen and oxygen atoms in total. The van der Waals surface area contributed by atoms with E-state index in [-0.39, 0.29) is 5.82 Å². The summed E-state index contributed by atoms with van der Waals surface area (Å²) in [7, 11) is 0. The van der Waals surface area contributed by atoms with E-state index in [1.165, 1.54) is 17.8 Å². The Hall–Kier alpha value is -1.68. The van der Waals surface area contributed by atoms with Gasteiger partial charge < -0.3 is 9.88 Å². The fraction of sp³-hybridized carbons (Fsp3) is 0.400. The predicted octanol–water partition coefficient (Wildman–Crippen LogP) is 2.82. The summed E-state index contributed by atoms with van der Waals surface area (Å²) < 4.78 is 15.1. The number of nitrogens with zero attached hydrogens (tertiary/aromatic N) is 2. The highest BCUT2D eigenvalue weighted by Gasteiger charge is 2.00. The van der Waals surface area contributed by atoms with Crippen molar-refractivity contribution in [2.24, 2.45) is 5.92 Å². The van der Waals surface area contributed by atoms with Crippen molar-refractivity contribution in [1.29, 1.82) is 0 Å². The van der Waals surface area contributed by atoms with E-state index in [9.17, 15) is 4.39 Å². The minimum absolute atomic E-state index is 0.288. The van der Waals surface area contributed by atoms with Crippen LogP contribution in [0.25, 0.3) is 0 Å². The average Bonchev–Trinajstić information content (AvgIpc) is 2.76. The van der Waals surface area contributed by atoms with Crippen molar-refractivity contribution in [2.45, 2.75) is 26.9 Å². The molecule has 0 bridgehead atoms. The van der Waals surface area contributed by atoms with Crippen LogP contribution in [0.15, 0.2) is 36.9 Å². The minimum atomic E-state index is -0.288. The van der Waals surface area contributed by atoms with Crippen molar-refractivity contribution in [3.8, 4) is 0 Å². The van der Waals surface area contributed by atoms with Gasteiger partial charge in [-0.15, -0.1) is 0 Å². The van der Waals surface area contributed by atoms with Gasteiger partial charge >= 0.3 is 0 Å². The van der Waals surface area contributed by atoms with Crippen LogP contribution in [0.2, 0.25) is 0 Å². The maximum absolute atomic E-state index is 13.0. The second kappa shape index (κ2) is 6.48. The Kier molecular flexibility index (Phi) is 4.68. The molecule has 0 atom stereocenters. The highest BCUT2D eigenvalue weighted by molar-refractivity contribution is 5.15. The lowest BCUT2D eigenvalue weighted by molar-refractivity contribution is 0.552. The molecule has 2 heterocycles. The lowest BCUT2D eigenvalue weighted by atomic mass is 10.2. The Bertz CT molecular complexity index is 520. The molecule has 2 rings (SSSR count). The van der Waals surface area contributed by atoms with Crippen LogP contribution in [0.1, 0.15) is 25.0 Å². The molecule has 102 valence electrons. The summed E-state index contributed by atoms with van der Waals surface area (Å²) in [4.78, 5) is 3.86. The first-order chi connectivity index (χ1) is 9.13. The van der Waals surface area contributed by atoms with Gasteiger partial charge in [-0.25, -0.2) is 4.39 Å². The van der Waals surface area contributed by atoms with Gasteiger partial charge in [-0.1, -0.05) is 13.8 Å². The third-order valence-electron chi connectivity index (χ3n) is 2.82. The fourth-order valence-electron chi connectivity index (χ4n) is 1.95. The molecule has 0 aliphatic rings. The summed E-state index contributed by atoms with van der Waals surface area (Å²) >= 11 is 0. The molecule has 4 heteroatoms. The van der Waals surface area contributed by atoms with Gasteiger partial charge in [0.25, 0.3) is 0 Å². The SMILES string of the molecule is CC(C)CNCc1ccn(Cc2cncc(F)c2)c1. The van der Waals surface area contributed by atoms with Crippen LogP contribution in [0.3, 0.4) is 0 Å². The lowest BCUT2D eigenvalue weighted by Gasteiger charge is -2.06. The largest absolute Gasteiger partial charge is 0.350 e. The second-order valence-corrected chi connectivity index (χ2v) is 5.23. The molecule has 1 N–H and O–H groups in total. The first kappa shape index (κ1) is 13.7. The summed E-state index contributed by atoms with van der Waals surface area (Å²) in [5, 5.41) is 3.40. The van der Waals surface area contributed by atoms with Gasteiger partial charge in [0.05, 0.1) is 6.20 Å². The number of hydrogen-bond acceptors (Lipinski definition) is 2. The summed E-state index contributed by atoms with van der Waals surface area (Å²) in [5.74, 6) is 0.365. The molecular formula is C15H20FN3. The van der Waals surface area contributed by atoms with Gasteiger partial charge in [0, 0.05) is 31.7 Å². The maximum atomic E-state index is 13.0. The van der Waals surface area contributed by atoms with Crippen molar-refractivity contribution in [3.63, 3.8) is 0 Å². The first-order valence-electron chi connectivity index (χ1n) is 6.58. The van der Waals surface area contributed by atoms with Crippen LogP contribution in [-0.4, -0.2) is 16.1 Å². The number of rotatable bonds is 6. The smallest absolute Gasteiger partial charge is 0.141 e. The van der Waals surface area contributed by atoms with Gasteiger partial charge in [0.2, 0.25) is 0 Å². The lowest BCUT2D eigenvalue weighted by Crippen LogP contribution is -2.18. The van der Waals surface area contributed by atoms with Crippen molar-refractivity contribution in [3.05, 3.63) is 53.9 Å². The van der Waals surface area contributed by atoms with E-state index in [4.69, 9.17) is 0 Å². The summed E-state index contributed by atoms with van der Waals surface area (Å²) in [5.41, 5.74) is 2.11. The van der Waals surface area contributed by atoms with Gasteiger partial charge in [0.1, 0.15) is 5.82 Å². The zero-order valence-corrected chi connectivity index (χ0v) is 11.4. The molecule has 0 amide bonds. The molecular weight excluding hydrogens is 241 g/mol. The highest BCUT2D eigenvalue weighted by atomic mass is 19.1. The fourth-order valence-corrected chi connectivity index (χ4v) is 1.95. The Morgan fingerprint density at radius 3 is 2.89 bits per heavy atom. The van der Waals surface area contributed by atoms with Crippen LogP contribution >= 0.6 is 0 Å². The number of nitrogens with one attached hydrogen (secondary N) is 1. The Morgan fingerprint density at radius 2 is 2.16 bits per heavy atom. The highest BCUT2D eigenvalue weighted by Crippen LogP contribution is 2.07. The van der Waals surface area contributed by atoms with E-state index >= 15 is 0 Å². The molecule has 0 saturated heterocycles. The third-order valence-corrected chi connectivity index (χ3v) is 2.82. The van der Waals surface area contributed by atoms with E-state index in [1.54, 1.807) is 6.20 Å². The van der Waals surface area contributed by atoms with Crippen LogP contribution in [0.4, 0.5) is 4.39 Å². The molecule has 0 aliphatic heterocycles. The van der Waals surface area contributed by atoms with Gasteiger partial charge in [-0.2, -0.15) is 0 Å². The monoisotopic (exact) mass is 261 g/mol. The van der Waals surface area contributed by atoms with Gasteiger partial charge in [0.15, 0.2) is 0 Å². The molecule has 0 spiro atoms. The molecule has 0 fully saturated rings. The Balaban J connectivity index is 1.90. The molecule has 2 aromatic rings. The van der Waals surface area contributed by atoms with Crippen molar-refractivity contribution in [1.82, 2.24) is 14.9 Å². The first-order valence-corrected chi connectivity index (χ1v) is 6.58. The molecule has 0 aromatic carbocycles. The number of pyridine rings is 1. The quantitative estimate of drug-likeness (QED) is 0.866. The van der Waals surface area contributed by atoms with Crippen LogP contribution in [0.5, 0.6) is 0 Å². The normalized spacial score (nSPS) is 11.2. The molecule has 2 aromatic heterocycles. The third kappa shape index (κ3) is 4.48. The van der Waals surface area contributed by atoms with Crippen LogP contribution in [-0.2, 0) is 13.1 Å². The summed E-state index contributed by atoms with van der Waals surface area (Å²) in [6, 6.07) is 3.60. The average molecular weight is 261 g/mol. The molecule has 0 saturated carbocycles. The Morgan fingerprint density at radius 1 is 1.32 bits per heavy atom. The number of halogens is 1. The topological polar surface area (TPSA) is 29.9 Å². The number of hydrogen-bond donors (Lipinski definition) is 1. The maximum Gasteiger partial charge on any atom is 0.141 e. The van der Waals surface area contributed by atoms with Crippen molar-refractivity contribution >= 4 is 0 Å². The zero-order chi connectivity index (χ0) is 13.7. The van der Waals surface area contributed by atoms with Crippen molar-refractivity contribution < 1.29 is 4.39 Å². The molecule has 0 aliphatic carbocycles. The summed E-state index contributed by atoms with van der Waals surface area (Å²) in [6.07, 6.45) is 7.01. The van der Waals surface area contributed by atoms with Crippen LogP contribution in [0, 0.1) is 11.7 Å². The molecule has 0 radical (unpaired) electrons. The molecule has 19 heavy (non-hydrogen) atoms. The Labute approximate surface area is 113 Å². The van der Waals surface area contributed by atoms with Crippen molar-refractivity contribution in [2.75, 3.05) is 6.54 Å². The standard InChI is InChI=1S/C15H20FN3/c1-12(2)6-17-7-13-3-4-19(10-13)11-14-5-15(16)9-18-8-14/h3-5,8-10,12,17H,6-7,11H2,1-2H3. The second-order valence-electron chi connectivity index (χ2n) is 5.23. The summed E-state index contributed by atoms with van der Waals surface area (Å²) in [6.45, 7) is 6.91. The van der Waals surface area contributed by atoms with Gasteiger partial charge in [-0.3, -0.25) is 4.98 Å². The van der Waals surface area contributed by atoms with Crippen LogP contribution < -0.4 is 5.32 Å². The zero-order valence-electron chi connectivity index (χ0n) is 11.4. The van der Waals surface area contributed by atoms with E-state index in [0.29, 0.717) is 12.5 Å². The minimum Gasteiger partial charge on any atom is -0.350 e. The van der Waals surface area contributed by atoms with E-state index in [0.717, 1.165) is 18.7 Å². The van der Waals surface area contributed by atoms with E-state index in [2.05, 4.69) is 36.4 Å². The van der Waals surface area contributed by atoms with E-state index < -0.39 is 0 Å². The van der Waals surface area contributed by atoms with Gasteiger partial charge in [-0.05, 0) is 35.7 Å². The number of aromatic nitrogens is 2.